The second kappa shape index (κ2) is 57.0. The summed E-state index contributed by atoms with van der Waals surface area (Å²) in [4.78, 5) is 40.0. The number of nitrogens with one attached hydrogen (secondary N) is 1. The largest absolute Gasteiger partial charge is 0.756 e. The zero-order chi connectivity index (χ0) is 55.7. The topological polar surface area (TPSA) is 114 Å². The first-order chi connectivity index (χ1) is 36.9. The Balaban J connectivity index is 4.99. The molecule has 0 fully saturated rings. The minimum absolute atomic E-state index is 0.0167. The summed E-state index contributed by atoms with van der Waals surface area (Å²) in [5.41, 5.74) is 0. The van der Waals surface area contributed by atoms with Gasteiger partial charge in [-0.05, 0) is 31.8 Å². The van der Waals surface area contributed by atoms with E-state index in [0.717, 1.165) is 57.8 Å². The first-order valence-electron chi connectivity index (χ1n) is 33.5. The molecule has 0 rings (SSSR count). The molecule has 0 aromatic rings. The van der Waals surface area contributed by atoms with Gasteiger partial charge in [0.15, 0.2) is 0 Å². The molecule has 0 aliphatic rings. The van der Waals surface area contributed by atoms with Crippen LogP contribution >= 0.6 is 7.82 Å². The van der Waals surface area contributed by atoms with Gasteiger partial charge in [0, 0.05) is 12.8 Å². The van der Waals surface area contributed by atoms with Gasteiger partial charge < -0.3 is 28.5 Å². The number of phosphoric ester groups is 1. The number of rotatable bonds is 62. The molecule has 0 heterocycles. The van der Waals surface area contributed by atoms with Crippen LogP contribution in [0.25, 0.3) is 0 Å². The average Bonchev–Trinajstić information content (AvgIpc) is 3.38. The molecule has 0 bridgehead atoms. The fraction of sp³-hybridized carbons (Fsp3) is 0.939. The van der Waals surface area contributed by atoms with Crippen molar-refractivity contribution in [3.05, 3.63) is 12.2 Å². The Morgan fingerprint density at radius 2 is 0.750 bits per heavy atom. The van der Waals surface area contributed by atoms with E-state index in [-0.39, 0.29) is 31.5 Å². The number of allylic oxidation sites excluding steroid dienone is 1. The van der Waals surface area contributed by atoms with Crippen LogP contribution in [0, 0.1) is 0 Å². The number of carbonyl (C=O) groups is 2. The first kappa shape index (κ1) is 74.8. The molecule has 0 saturated carbocycles. The van der Waals surface area contributed by atoms with Crippen LogP contribution in [-0.4, -0.2) is 69.4 Å². The van der Waals surface area contributed by atoms with Gasteiger partial charge in [0.1, 0.15) is 19.3 Å². The summed E-state index contributed by atoms with van der Waals surface area (Å²) >= 11 is 0. The molecule has 0 aliphatic carbocycles. The molecule has 1 N–H and O–H groups in total. The lowest BCUT2D eigenvalue weighted by Crippen LogP contribution is -2.47. The van der Waals surface area contributed by atoms with E-state index in [1.807, 2.05) is 33.3 Å². The lowest BCUT2D eigenvalue weighted by molar-refractivity contribution is -0.870. The van der Waals surface area contributed by atoms with Crippen molar-refractivity contribution >= 4 is 19.7 Å². The van der Waals surface area contributed by atoms with E-state index in [9.17, 15) is 19.0 Å². The zero-order valence-corrected chi connectivity index (χ0v) is 52.6. The smallest absolute Gasteiger partial charge is 0.306 e. The van der Waals surface area contributed by atoms with E-state index in [4.69, 9.17) is 13.8 Å². The summed E-state index contributed by atoms with van der Waals surface area (Å²) in [5, 5.41) is 3.04. The van der Waals surface area contributed by atoms with Gasteiger partial charge in [-0.3, -0.25) is 14.2 Å². The molecule has 0 spiro atoms. The highest BCUT2D eigenvalue weighted by Crippen LogP contribution is 2.38. The average molecular weight is 1100 g/mol. The number of likely N-dealkylation sites (N-methyl/N-ethyl adjacent to an activating group) is 1. The van der Waals surface area contributed by atoms with E-state index in [1.54, 1.807) is 0 Å². The molecule has 0 aromatic carbocycles. The van der Waals surface area contributed by atoms with Crippen molar-refractivity contribution in [3.8, 4) is 0 Å². The molecule has 3 atom stereocenters. The second-order valence-electron chi connectivity index (χ2n) is 24.3. The number of amides is 1. The van der Waals surface area contributed by atoms with Crippen LogP contribution in [0.15, 0.2) is 12.2 Å². The van der Waals surface area contributed by atoms with Crippen LogP contribution in [0.5, 0.6) is 0 Å². The number of hydrogen-bond donors (Lipinski definition) is 1. The van der Waals surface area contributed by atoms with Gasteiger partial charge in [0.05, 0.1) is 33.8 Å². The molecule has 9 nitrogen and oxygen atoms in total. The Morgan fingerprint density at radius 1 is 0.447 bits per heavy atom. The summed E-state index contributed by atoms with van der Waals surface area (Å²) in [7, 11) is 1.21. The number of phosphoric acid groups is 1. The van der Waals surface area contributed by atoms with Crippen LogP contribution in [0.2, 0.25) is 0 Å². The maximum absolute atomic E-state index is 13.6. The summed E-state index contributed by atoms with van der Waals surface area (Å²) in [6.07, 6.45) is 66.2. The first-order valence-corrected chi connectivity index (χ1v) is 35.0. The van der Waals surface area contributed by atoms with E-state index in [1.165, 1.54) is 257 Å². The third-order valence-electron chi connectivity index (χ3n) is 15.5. The number of hydrogen-bond acceptors (Lipinski definition) is 7. The Bertz CT molecular complexity index is 1310. The number of esters is 1. The molecular weight excluding hydrogens is 964 g/mol. The van der Waals surface area contributed by atoms with Crippen molar-refractivity contribution in [2.75, 3.05) is 40.9 Å². The molecule has 452 valence electrons. The van der Waals surface area contributed by atoms with Crippen LogP contribution in [0.1, 0.15) is 348 Å². The lowest BCUT2D eigenvalue weighted by atomic mass is 10.0. The fourth-order valence-corrected chi connectivity index (χ4v) is 11.0. The third kappa shape index (κ3) is 57.4. The van der Waals surface area contributed by atoms with Crippen molar-refractivity contribution in [2.24, 2.45) is 0 Å². The Hall–Kier alpha value is -1.25. The predicted molar refractivity (Wildman–Crippen MR) is 326 cm³/mol. The van der Waals surface area contributed by atoms with Crippen LogP contribution in [0.4, 0.5) is 0 Å². The second-order valence-corrected chi connectivity index (χ2v) is 25.8. The highest BCUT2D eigenvalue weighted by Gasteiger charge is 2.27. The normalized spacial score (nSPS) is 13.6. The Kier molecular flexibility index (Phi) is 56.1. The van der Waals surface area contributed by atoms with Crippen LogP contribution in [0.3, 0.4) is 0 Å². The molecule has 0 saturated heterocycles. The van der Waals surface area contributed by atoms with Gasteiger partial charge in [0.2, 0.25) is 5.91 Å². The third-order valence-corrected chi connectivity index (χ3v) is 16.4. The molecule has 1 amide bonds. The summed E-state index contributed by atoms with van der Waals surface area (Å²) in [6, 6.07) is -0.879. The molecule has 76 heavy (non-hydrogen) atoms. The molecule has 3 unspecified atom stereocenters. The van der Waals surface area contributed by atoms with Gasteiger partial charge in [0.25, 0.3) is 7.82 Å². The Morgan fingerprint density at radius 3 is 1.08 bits per heavy atom. The highest BCUT2D eigenvalue weighted by molar-refractivity contribution is 7.45. The SMILES string of the molecule is CCCCCCCCCCCC/C=C\C(OC(=O)CCCCCCCCCCCCCCC)C(COP(=O)([O-])OCC[N+](C)(C)C)NC(=O)CCCCCCCCCCCCCCCCCCCCCCCCCCC. The highest BCUT2D eigenvalue weighted by atomic mass is 31.2. The zero-order valence-electron chi connectivity index (χ0n) is 51.7. The number of unbranched alkanes of at least 4 members (excludes halogenated alkanes) is 46. The van der Waals surface area contributed by atoms with Crippen LogP contribution in [-0.2, 0) is 27.9 Å². The van der Waals surface area contributed by atoms with Gasteiger partial charge in [-0.1, -0.05) is 316 Å². The summed E-state index contributed by atoms with van der Waals surface area (Å²) < 4.78 is 30.4. The van der Waals surface area contributed by atoms with Gasteiger partial charge in [-0.2, -0.15) is 0 Å². The minimum atomic E-state index is -4.69. The molecule has 0 aliphatic heterocycles. The number of ether oxygens (including phenoxy) is 1. The monoisotopic (exact) mass is 1090 g/mol. The maximum Gasteiger partial charge on any atom is 0.306 e. The predicted octanol–water partition coefficient (Wildman–Crippen LogP) is 20.1. The number of carbonyl (C=O) groups excluding carboxylic acids is 2. The van der Waals surface area contributed by atoms with E-state index < -0.39 is 20.0 Å². The molecular formula is C66H131N2O7P. The quantitative estimate of drug-likeness (QED) is 0.0212. The summed E-state index contributed by atoms with van der Waals surface area (Å²) in [6.45, 7) is 6.90. The Labute approximate surface area is 473 Å². The van der Waals surface area contributed by atoms with Crippen molar-refractivity contribution in [3.63, 3.8) is 0 Å². The van der Waals surface area contributed by atoms with E-state index in [0.29, 0.717) is 17.4 Å². The van der Waals surface area contributed by atoms with E-state index in [2.05, 4.69) is 26.1 Å². The lowest BCUT2D eigenvalue weighted by Gasteiger charge is -2.30. The molecule has 0 radical (unpaired) electrons. The number of quaternary nitrogens is 1. The minimum Gasteiger partial charge on any atom is -0.756 e. The molecule has 10 heteroatoms. The van der Waals surface area contributed by atoms with Crippen molar-refractivity contribution in [2.45, 2.75) is 360 Å². The van der Waals surface area contributed by atoms with Gasteiger partial charge >= 0.3 is 5.97 Å². The maximum atomic E-state index is 13.6. The van der Waals surface area contributed by atoms with Crippen molar-refractivity contribution in [1.29, 1.82) is 0 Å². The summed E-state index contributed by atoms with van der Waals surface area (Å²) in [5.74, 6) is -0.518. The standard InChI is InChI=1S/C66H131N2O7P/c1-7-10-13-16-19-22-25-28-29-30-31-32-33-34-35-36-37-38-39-41-43-46-49-52-55-58-65(69)67-63(62-74-76(71,72)73-61-60-68(4,5)6)64(57-54-51-48-45-42-27-24-21-18-15-12-9-3)75-66(70)59-56-53-50-47-44-40-26-23-20-17-14-11-8-2/h54,57,63-64H,7-53,55-56,58-62H2,1-6H3,(H-,67,69,71,72)/b57-54-. The molecule has 0 aromatic heterocycles. The van der Waals surface area contributed by atoms with E-state index >= 15 is 0 Å². The number of nitrogens with zero attached hydrogens (tertiary/aromatic N) is 1. The van der Waals surface area contributed by atoms with Gasteiger partial charge in [-0.15, -0.1) is 0 Å². The van der Waals surface area contributed by atoms with Crippen LogP contribution < -0.4 is 10.2 Å². The van der Waals surface area contributed by atoms with Crippen molar-refractivity contribution < 1.29 is 37.3 Å². The van der Waals surface area contributed by atoms with Crippen molar-refractivity contribution in [1.82, 2.24) is 5.32 Å². The van der Waals surface area contributed by atoms with Gasteiger partial charge in [-0.25, -0.2) is 0 Å². The fourth-order valence-electron chi connectivity index (χ4n) is 10.3.